The Kier molecular flexibility index (Phi) is 4.57. The Morgan fingerprint density at radius 2 is 1.33 bits per heavy atom. The van der Waals surface area contributed by atoms with Crippen LogP contribution in [-0.4, -0.2) is 31.5 Å². The first-order valence-electron chi connectivity index (χ1n) is 6.10. The molecule has 0 aromatic carbocycles. The van der Waals surface area contributed by atoms with Crippen molar-refractivity contribution in [2.45, 2.75) is 57.8 Å². The Balaban J connectivity index is 3.09. The lowest BCUT2D eigenvalue weighted by Crippen LogP contribution is -2.72. The van der Waals surface area contributed by atoms with Crippen LogP contribution < -0.4 is 0 Å². The largest absolute Gasteiger partial charge is 0.441 e. The van der Waals surface area contributed by atoms with Gasteiger partial charge in [0, 0.05) is 0 Å². The van der Waals surface area contributed by atoms with Gasteiger partial charge in [0.1, 0.15) is 0 Å². The zero-order valence-electron chi connectivity index (χ0n) is 11.5. The van der Waals surface area contributed by atoms with Crippen LogP contribution >= 0.6 is 0 Å². The van der Waals surface area contributed by atoms with Crippen LogP contribution in [0.15, 0.2) is 0 Å². The normalized spacial score (nSPS) is 26.0. The van der Waals surface area contributed by atoms with Crippen molar-refractivity contribution < 1.29 is 25.5 Å². The van der Waals surface area contributed by atoms with Gasteiger partial charge >= 0.3 is 31.5 Å². The van der Waals surface area contributed by atoms with E-state index in [1.807, 2.05) is 6.92 Å². The van der Waals surface area contributed by atoms with Crippen molar-refractivity contribution in [1.82, 2.24) is 0 Å². The van der Waals surface area contributed by atoms with Crippen LogP contribution in [0, 0.1) is 0 Å². The molecule has 0 aromatic heterocycles. The Morgan fingerprint density at radius 1 is 0.889 bits per heavy atom. The molecule has 0 spiro atoms. The average molecular weight is 319 g/mol. The molecule has 0 aliphatic carbocycles. The third-order valence-electron chi connectivity index (χ3n) is 2.60. The lowest BCUT2D eigenvalue weighted by Gasteiger charge is -2.49. The second kappa shape index (κ2) is 5.02. The van der Waals surface area contributed by atoms with E-state index in [0.717, 1.165) is 0 Å². The maximum Gasteiger partial charge on any atom is 0.441 e. The molecule has 18 heavy (non-hydrogen) atoms. The van der Waals surface area contributed by atoms with Crippen molar-refractivity contribution in [3.8, 4) is 0 Å². The number of hydrogen-bond acceptors (Lipinski definition) is 3. The SMILES string of the molecule is CCCC[Si]1(C(F)(F)F)O[Si](C)(C)O[Si](C)(C)O1. The Bertz CT molecular complexity index is 291. The summed E-state index contributed by atoms with van der Waals surface area (Å²) in [6, 6.07) is -0.0246. The molecule has 0 unspecified atom stereocenters. The minimum atomic E-state index is -4.39. The zero-order valence-corrected chi connectivity index (χ0v) is 14.5. The summed E-state index contributed by atoms with van der Waals surface area (Å²) in [7, 11) is -9.66. The lowest BCUT2D eigenvalue weighted by molar-refractivity contribution is -0.0892. The van der Waals surface area contributed by atoms with Crippen molar-refractivity contribution in [1.29, 1.82) is 0 Å². The van der Waals surface area contributed by atoms with Crippen LogP contribution in [-0.2, 0) is 12.3 Å². The fourth-order valence-corrected chi connectivity index (χ4v) is 17.8. The number of alkyl halides is 3. The van der Waals surface area contributed by atoms with Gasteiger partial charge < -0.3 is 12.3 Å². The first-order chi connectivity index (χ1) is 7.93. The topological polar surface area (TPSA) is 27.7 Å². The van der Waals surface area contributed by atoms with Gasteiger partial charge in [-0.05, 0) is 32.2 Å². The van der Waals surface area contributed by atoms with Gasteiger partial charge in [0.05, 0.1) is 0 Å². The highest BCUT2D eigenvalue weighted by Crippen LogP contribution is 2.43. The molecule has 0 bridgehead atoms. The van der Waals surface area contributed by atoms with Gasteiger partial charge in [0.2, 0.25) is 0 Å². The minimum absolute atomic E-state index is 0.0246. The van der Waals surface area contributed by atoms with Gasteiger partial charge in [-0.1, -0.05) is 19.8 Å². The summed E-state index contributed by atoms with van der Waals surface area (Å²) in [4.78, 5) is 0. The van der Waals surface area contributed by atoms with E-state index in [1.165, 1.54) is 0 Å². The van der Waals surface area contributed by atoms with E-state index in [-0.39, 0.29) is 6.04 Å². The fourth-order valence-electron chi connectivity index (χ4n) is 2.22. The number of halogens is 3. The summed E-state index contributed by atoms with van der Waals surface area (Å²) < 4.78 is 56.7. The number of unbranched alkanes of at least 4 members (excludes halogenated alkanes) is 1. The molecule has 0 radical (unpaired) electrons. The Hall–Kier alpha value is 0.321. The van der Waals surface area contributed by atoms with Gasteiger partial charge in [-0.3, -0.25) is 0 Å². The third kappa shape index (κ3) is 3.67. The van der Waals surface area contributed by atoms with Crippen LogP contribution in [0.5, 0.6) is 0 Å². The second-order valence-corrected chi connectivity index (χ2v) is 16.1. The van der Waals surface area contributed by atoms with Gasteiger partial charge in [-0.2, -0.15) is 13.2 Å². The van der Waals surface area contributed by atoms with Crippen LogP contribution in [0.25, 0.3) is 0 Å². The monoisotopic (exact) mass is 318 g/mol. The lowest BCUT2D eigenvalue weighted by atomic mass is 10.4. The summed E-state index contributed by atoms with van der Waals surface area (Å²) in [5.74, 6) is -4.39. The summed E-state index contributed by atoms with van der Waals surface area (Å²) in [6.07, 6.45) is 1.17. The number of hydrogen-bond donors (Lipinski definition) is 0. The van der Waals surface area contributed by atoms with E-state index in [1.54, 1.807) is 26.2 Å². The van der Waals surface area contributed by atoms with Crippen LogP contribution in [0.3, 0.4) is 0 Å². The molecule has 0 N–H and O–H groups in total. The first-order valence-corrected chi connectivity index (χ1v) is 13.8. The molecule has 1 aliphatic heterocycles. The van der Waals surface area contributed by atoms with E-state index < -0.39 is 31.5 Å². The summed E-state index contributed by atoms with van der Waals surface area (Å²) in [5, 5.41) is 0. The van der Waals surface area contributed by atoms with Crippen molar-refractivity contribution in [2.75, 3.05) is 0 Å². The van der Waals surface area contributed by atoms with Crippen LogP contribution in [0.4, 0.5) is 13.2 Å². The molecular formula is C9H21F3O3Si3. The molecule has 0 aromatic rings. The first kappa shape index (κ1) is 16.4. The molecule has 0 atom stereocenters. The van der Waals surface area contributed by atoms with Crippen molar-refractivity contribution in [2.24, 2.45) is 0 Å². The molecule has 9 heteroatoms. The van der Waals surface area contributed by atoms with E-state index >= 15 is 0 Å². The van der Waals surface area contributed by atoms with Gasteiger partial charge in [0.25, 0.3) is 0 Å². The fraction of sp³-hybridized carbons (Fsp3) is 1.00. The molecule has 108 valence electrons. The van der Waals surface area contributed by atoms with E-state index in [9.17, 15) is 13.2 Å². The molecule has 1 heterocycles. The van der Waals surface area contributed by atoms with Gasteiger partial charge in [-0.15, -0.1) is 0 Å². The standard InChI is InChI=1S/C9H21F3O3Si3/c1-6-7-8-18(9(10,11)12)14-16(2,3)13-17(4,5)15-18/h6-8H2,1-5H3. The van der Waals surface area contributed by atoms with Crippen molar-refractivity contribution in [3.63, 3.8) is 0 Å². The van der Waals surface area contributed by atoms with Gasteiger partial charge in [0.15, 0.2) is 0 Å². The molecule has 1 rings (SSSR count). The predicted molar refractivity (Wildman–Crippen MR) is 69.7 cm³/mol. The smallest absolute Gasteiger partial charge is 0.416 e. The third-order valence-corrected chi connectivity index (χ3v) is 15.0. The minimum Gasteiger partial charge on any atom is -0.416 e. The van der Waals surface area contributed by atoms with Crippen LogP contribution in [0.1, 0.15) is 19.8 Å². The van der Waals surface area contributed by atoms with Crippen LogP contribution in [0.2, 0.25) is 32.2 Å². The van der Waals surface area contributed by atoms with E-state index in [0.29, 0.717) is 12.8 Å². The molecule has 1 aliphatic rings. The van der Waals surface area contributed by atoms with Gasteiger partial charge in [-0.25, -0.2) is 0 Å². The Labute approximate surface area is 109 Å². The summed E-state index contributed by atoms with van der Waals surface area (Å²) >= 11 is 0. The Morgan fingerprint density at radius 3 is 1.67 bits per heavy atom. The number of rotatable bonds is 3. The zero-order chi connectivity index (χ0) is 14.2. The summed E-state index contributed by atoms with van der Waals surface area (Å²) in [5.41, 5.74) is 0. The molecule has 0 saturated carbocycles. The maximum absolute atomic E-state index is 13.4. The highest BCUT2D eigenvalue weighted by atomic mass is 28.5. The van der Waals surface area contributed by atoms with Crippen molar-refractivity contribution in [3.05, 3.63) is 0 Å². The molecule has 1 fully saturated rings. The van der Waals surface area contributed by atoms with Crippen molar-refractivity contribution >= 4 is 25.7 Å². The highest BCUT2D eigenvalue weighted by molar-refractivity contribution is 6.93. The predicted octanol–water partition coefficient (Wildman–Crippen LogP) is 3.80. The highest BCUT2D eigenvalue weighted by Gasteiger charge is 2.69. The molecule has 3 nitrogen and oxygen atoms in total. The summed E-state index contributed by atoms with van der Waals surface area (Å²) in [6.45, 7) is 8.55. The van der Waals surface area contributed by atoms with E-state index in [4.69, 9.17) is 12.3 Å². The molecular weight excluding hydrogens is 297 g/mol. The molecule has 0 amide bonds. The van der Waals surface area contributed by atoms with E-state index in [2.05, 4.69) is 0 Å². The quantitative estimate of drug-likeness (QED) is 0.741. The molecule has 1 saturated heterocycles. The average Bonchev–Trinajstić information content (AvgIpc) is 2.07. The second-order valence-electron chi connectivity index (χ2n) is 5.46. The maximum atomic E-state index is 13.4.